The molecule has 124 valence electrons. The number of rotatable bonds is 5. The topological polar surface area (TPSA) is 67.9 Å². The highest BCUT2D eigenvalue weighted by atomic mass is 16.6. The lowest BCUT2D eigenvalue weighted by Gasteiger charge is -2.37. The molecule has 0 unspecified atom stereocenters. The molecule has 1 atom stereocenters. The van der Waals surface area contributed by atoms with Gasteiger partial charge in [0, 0.05) is 18.6 Å². The highest BCUT2D eigenvalue weighted by molar-refractivity contribution is 5.75. The molecule has 1 N–H and O–H groups in total. The van der Waals surface area contributed by atoms with Gasteiger partial charge in [-0.05, 0) is 48.5 Å². The number of hydrogen-bond acceptors (Lipinski definition) is 5. The molecule has 1 amide bonds. The van der Waals surface area contributed by atoms with Gasteiger partial charge in [0.1, 0.15) is 11.6 Å². The summed E-state index contributed by atoms with van der Waals surface area (Å²) in [6.45, 7) is 14.0. The Hall–Kier alpha value is -1.30. The summed E-state index contributed by atoms with van der Waals surface area (Å²) in [6, 6.07) is -0.407. The van der Waals surface area contributed by atoms with Crippen molar-refractivity contribution in [2.45, 2.75) is 65.6 Å². The Labute approximate surface area is 128 Å². The van der Waals surface area contributed by atoms with E-state index >= 15 is 0 Å². The number of amides is 1. The van der Waals surface area contributed by atoms with Crippen LogP contribution in [0.1, 0.15) is 48.5 Å². The first-order valence-corrected chi connectivity index (χ1v) is 7.20. The molecule has 0 bridgehead atoms. The van der Waals surface area contributed by atoms with Crippen molar-refractivity contribution in [3.63, 3.8) is 0 Å². The second-order valence-electron chi connectivity index (χ2n) is 7.00. The minimum atomic E-state index is -0.534. The van der Waals surface area contributed by atoms with Gasteiger partial charge in [0.05, 0.1) is 7.11 Å². The van der Waals surface area contributed by atoms with Crippen molar-refractivity contribution in [1.29, 1.82) is 0 Å². The lowest BCUT2D eigenvalue weighted by atomic mass is 10.1. The Morgan fingerprint density at radius 1 is 1.14 bits per heavy atom. The summed E-state index contributed by atoms with van der Waals surface area (Å²) in [6.07, 6.45) is -0.359. The Bertz CT molecular complexity index is 356. The third-order valence-corrected chi connectivity index (χ3v) is 2.76. The van der Waals surface area contributed by atoms with Crippen LogP contribution in [0.2, 0.25) is 0 Å². The lowest BCUT2D eigenvalue weighted by Crippen LogP contribution is -2.51. The molecule has 6 nitrogen and oxygen atoms in total. The predicted octanol–water partition coefficient (Wildman–Crippen LogP) is 2.17. The summed E-state index contributed by atoms with van der Waals surface area (Å²) < 4.78 is 10.1. The van der Waals surface area contributed by atoms with E-state index in [1.807, 2.05) is 41.5 Å². The molecular weight excluding hydrogens is 272 g/mol. The first-order chi connectivity index (χ1) is 9.38. The van der Waals surface area contributed by atoms with Crippen LogP contribution < -0.4 is 5.32 Å². The van der Waals surface area contributed by atoms with Crippen molar-refractivity contribution in [2.24, 2.45) is 0 Å². The van der Waals surface area contributed by atoms with E-state index in [0.29, 0.717) is 13.1 Å². The molecule has 21 heavy (non-hydrogen) atoms. The van der Waals surface area contributed by atoms with Crippen molar-refractivity contribution in [1.82, 2.24) is 10.2 Å². The van der Waals surface area contributed by atoms with Gasteiger partial charge in [-0.15, -0.1) is 0 Å². The average Bonchev–Trinajstić information content (AvgIpc) is 2.29. The van der Waals surface area contributed by atoms with E-state index in [9.17, 15) is 9.59 Å². The van der Waals surface area contributed by atoms with E-state index in [-0.39, 0.29) is 17.6 Å². The van der Waals surface area contributed by atoms with Crippen LogP contribution in [0.15, 0.2) is 0 Å². The van der Waals surface area contributed by atoms with Crippen molar-refractivity contribution < 1.29 is 19.1 Å². The first kappa shape index (κ1) is 19.7. The average molecular weight is 302 g/mol. The summed E-state index contributed by atoms with van der Waals surface area (Å²) in [4.78, 5) is 25.2. The fraction of sp³-hybridized carbons (Fsp3) is 0.867. The fourth-order valence-corrected chi connectivity index (χ4v) is 1.67. The minimum Gasteiger partial charge on any atom is -0.468 e. The number of hydrogen-bond donors (Lipinski definition) is 1. The number of methoxy groups -OCH3 is 1. The summed E-state index contributed by atoms with van der Waals surface area (Å²) in [5.74, 6) is -0.324. The van der Waals surface area contributed by atoms with E-state index in [4.69, 9.17) is 4.74 Å². The molecular formula is C15H30N2O4. The van der Waals surface area contributed by atoms with Crippen LogP contribution in [0.25, 0.3) is 0 Å². The smallest absolute Gasteiger partial charge is 0.410 e. The van der Waals surface area contributed by atoms with E-state index in [2.05, 4.69) is 10.1 Å². The van der Waals surface area contributed by atoms with Crippen molar-refractivity contribution in [2.75, 3.05) is 20.2 Å². The van der Waals surface area contributed by atoms with Gasteiger partial charge in [0.25, 0.3) is 0 Å². The molecule has 0 aliphatic carbocycles. The highest BCUT2D eigenvalue weighted by Crippen LogP contribution is 2.17. The second kappa shape index (κ2) is 7.64. The van der Waals surface area contributed by atoms with Gasteiger partial charge in [-0.3, -0.25) is 4.79 Å². The van der Waals surface area contributed by atoms with Crippen LogP contribution in [0.5, 0.6) is 0 Å². The molecule has 0 spiro atoms. The van der Waals surface area contributed by atoms with Crippen molar-refractivity contribution in [3.8, 4) is 0 Å². The van der Waals surface area contributed by atoms with Crippen LogP contribution >= 0.6 is 0 Å². The third kappa shape index (κ3) is 7.90. The Morgan fingerprint density at radius 2 is 1.67 bits per heavy atom. The van der Waals surface area contributed by atoms with Gasteiger partial charge in [-0.25, -0.2) is 4.79 Å². The maximum Gasteiger partial charge on any atom is 0.410 e. The van der Waals surface area contributed by atoms with Gasteiger partial charge in [-0.2, -0.15) is 0 Å². The highest BCUT2D eigenvalue weighted by Gasteiger charge is 2.30. The molecule has 0 heterocycles. The van der Waals surface area contributed by atoms with E-state index in [1.54, 1.807) is 11.8 Å². The summed E-state index contributed by atoms with van der Waals surface area (Å²) in [7, 11) is 1.35. The molecule has 0 aliphatic rings. The largest absolute Gasteiger partial charge is 0.468 e. The SMILES string of the molecule is COC(=O)[C@H](C)NCCN(C(=O)OC(C)(C)C)C(C)(C)C. The zero-order valence-corrected chi connectivity index (χ0v) is 14.6. The molecule has 0 fully saturated rings. The summed E-state index contributed by atoms with van der Waals surface area (Å²) >= 11 is 0. The monoisotopic (exact) mass is 302 g/mol. The Balaban J connectivity index is 4.60. The van der Waals surface area contributed by atoms with Gasteiger partial charge < -0.3 is 19.7 Å². The summed E-state index contributed by atoms with van der Waals surface area (Å²) in [5, 5.41) is 3.03. The van der Waals surface area contributed by atoms with Gasteiger partial charge >= 0.3 is 12.1 Å². The van der Waals surface area contributed by atoms with E-state index in [0.717, 1.165) is 0 Å². The van der Waals surface area contributed by atoms with E-state index < -0.39 is 11.6 Å². The number of carbonyl (C=O) groups is 2. The normalized spacial score (nSPS) is 13.5. The number of nitrogens with zero attached hydrogens (tertiary/aromatic N) is 1. The van der Waals surface area contributed by atoms with Crippen molar-refractivity contribution in [3.05, 3.63) is 0 Å². The van der Waals surface area contributed by atoms with E-state index in [1.165, 1.54) is 7.11 Å². The molecule has 0 aromatic heterocycles. The van der Waals surface area contributed by atoms with Crippen LogP contribution in [0, 0.1) is 0 Å². The Kier molecular flexibility index (Phi) is 7.16. The maximum atomic E-state index is 12.3. The molecule has 0 rings (SSSR count). The first-order valence-electron chi connectivity index (χ1n) is 7.20. The van der Waals surface area contributed by atoms with Gasteiger partial charge in [0.2, 0.25) is 0 Å². The number of ether oxygens (including phenoxy) is 2. The molecule has 6 heteroatoms. The maximum absolute atomic E-state index is 12.3. The van der Waals surface area contributed by atoms with Crippen LogP contribution in [-0.4, -0.2) is 54.3 Å². The summed E-state index contributed by atoms with van der Waals surface area (Å²) in [5.41, 5.74) is -0.897. The fourth-order valence-electron chi connectivity index (χ4n) is 1.67. The molecule has 0 radical (unpaired) electrons. The van der Waals surface area contributed by atoms with Crippen molar-refractivity contribution >= 4 is 12.1 Å². The van der Waals surface area contributed by atoms with Crippen LogP contribution in [0.4, 0.5) is 4.79 Å². The zero-order chi connectivity index (χ0) is 16.8. The molecule has 0 saturated carbocycles. The number of esters is 1. The zero-order valence-electron chi connectivity index (χ0n) is 14.6. The van der Waals surface area contributed by atoms with Gasteiger partial charge in [-0.1, -0.05) is 0 Å². The quantitative estimate of drug-likeness (QED) is 0.788. The standard InChI is InChI=1S/C15H30N2O4/c1-11(12(18)20-8)16-9-10-17(14(2,3)4)13(19)21-15(5,6)7/h11,16H,9-10H2,1-8H3/t11-/m0/s1. The van der Waals surface area contributed by atoms with Gasteiger partial charge in [0.15, 0.2) is 0 Å². The molecule has 0 saturated heterocycles. The third-order valence-electron chi connectivity index (χ3n) is 2.76. The Morgan fingerprint density at radius 3 is 2.05 bits per heavy atom. The number of nitrogens with one attached hydrogen (secondary N) is 1. The predicted molar refractivity (Wildman–Crippen MR) is 82.2 cm³/mol. The molecule has 0 aliphatic heterocycles. The van der Waals surface area contributed by atoms with Crippen LogP contribution in [0.3, 0.4) is 0 Å². The lowest BCUT2D eigenvalue weighted by molar-refractivity contribution is -0.142. The second-order valence-corrected chi connectivity index (χ2v) is 7.00. The molecule has 0 aromatic rings. The van der Waals surface area contributed by atoms with Crippen LogP contribution in [-0.2, 0) is 14.3 Å². The molecule has 0 aromatic carbocycles. The minimum absolute atomic E-state index is 0.324. The number of carbonyl (C=O) groups excluding carboxylic acids is 2.